The predicted octanol–water partition coefficient (Wildman–Crippen LogP) is 4.55. The number of nitrogens with one attached hydrogen (secondary N) is 1. The van der Waals surface area contributed by atoms with Crippen molar-refractivity contribution in [3.8, 4) is 17.2 Å². The topological polar surface area (TPSA) is 80.2 Å². The number of nitrogens with zero attached hydrogens (tertiary/aromatic N) is 1. The summed E-state index contributed by atoms with van der Waals surface area (Å²) in [5.41, 5.74) is 5.48. The Bertz CT molecular complexity index is 914. The SMILES string of the molecule is CCOc1cc(Cl)c(Cl)c(/C=N/NC(=O)COc2c(C)ccc(C)c2C)c1O. The molecule has 8 heteroatoms. The van der Waals surface area contributed by atoms with Gasteiger partial charge in [0.1, 0.15) is 5.75 Å². The third kappa shape index (κ3) is 5.09. The number of carbonyl (C=O) groups is 1. The van der Waals surface area contributed by atoms with Crippen LogP contribution < -0.4 is 14.9 Å². The van der Waals surface area contributed by atoms with Crippen LogP contribution >= 0.6 is 23.2 Å². The highest BCUT2D eigenvalue weighted by Crippen LogP contribution is 2.39. The van der Waals surface area contributed by atoms with E-state index >= 15 is 0 Å². The molecular weight excluding hydrogens is 403 g/mol. The normalized spacial score (nSPS) is 10.9. The molecule has 2 N–H and O–H groups in total. The molecule has 0 unspecified atom stereocenters. The number of carbonyl (C=O) groups excluding carboxylic acids is 1. The van der Waals surface area contributed by atoms with Gasteiger partial charge in [-0.3, -0.25) is 4.79 Å². The van der Waals surface area contributed by atoms with Crippen molar-refractivity contribution < 1.29 is 19.4 Å². The van der Waals surface area contributed by atoms with Crippen LogP contribution in [0.5, 0.6) is 17.2 Å². The second kappa shape index (κ2) is 9.66. The molecule has 0 aromatic heterocycles. The van der Waals surface area contributed by atoms with Gasteiger partial charge in [0.2, 0.25) is 0 Å². The molecule has 2 aromatic rings. The molecule has 0 radical (unpaired) electrons. The van der Waals surface area contributed by atoms with Gasteiger partial charge in [-0.25, -0.2) is 5.43 Å². The van der Waals surface area contributed by atoms with E-state index in [0.717, 1.165) is 16.7 Å². The Kier molecular flexibility index (Phi) is 7.54. The van der Waals surface area contributed by atoms with E-state index in [4.69, 9.17) is 32.7 Å². The van der Waals surface area contributed by atoms with E-state index < -0.39 is 5.91 Å². The van der Waals surface area contributed by atoms with Crippen LogP contribution in [0.1, 0.15) is 29.2 Å². The molecule has 0 bridgehead atoms. The fourth-order valence-corrected chi connectivity index (χ4v) is 2.88. The second-order valence-corrected chi connectivity index (χ2v) is 6.89. The number of aromatic hydroxyl groups is 1. The van der Waals surface area contributed by atoms with Crippen LogP contribution in [0.3, 0.4) is 0 Å². The Hall–Kier alpha value is -2.44. The Balaban J connectivity index is 2.06. The van der Waals surface area contributed by atoms with Gasteiger partial charge in [-0.15, -0.1) is 0 Å². The minimum atomic E-state index is -0.459. The fraction of sp³-hybridized carbons (Fsp3) is 0.300. The number of phenolic OH excluding ortho intramolecular Hbond substituents is 1. The lowest BCUT2D eigenvalue weighted by atomic mass is 10.1. The molecule has 0 fully saturated rings. The molecule has 150 valence electrons. The molecule has 0 saturated heterocycles. The summed E-state index contributed by atoms with van der Waals surface area (Å²) in [5, 5.41) is 14.3. The first-order valence-corrected chi connectivity index (χ1v) is 9.37. The number of rotatable bonds is 7. The molecule has 0 saturated carbocycles. The van der Waals surface area contributed by atoms with E-state index in [-0.39, 0.29) is 33.7 Å². The lowest BCUT2D eigenvalue weighted by Crippen LogP contribution is -2.25. The monoisotopic (exact) mass is 424 g/mol. The van der Waals surface area contributed by atoms with Gasteiger partial charge >= 0.3 is 0 Å². The molecule has 0 aliphatic rings. The molecule has 6 nitrogen and oxygen atoms in total. The fourth-order valence-electron chi connectivity index (χ4n) is 2.48. The number of benzene rings is 2. The Morgan fingerprint density at radius 3 is 2.57 bits per heavy atom. The van der Waals surface area contributed by atoms with Gasteiger partial charge in [0.05, 0.1) is 28.4 Å². The van der Waals surface area contributed by atoms with Gasteiger partial charge in [-0.2, -0.15) is 5.10 Å². The smallest absolute Gasteiger partial charge is 0.277 e. The molecule has 0 spiro atoms. The molecule has 2 rings (SSSR count). The quantitative estimate of drug-likeness (QED) is 0.504. The lowest BCUT2D eigenvalue weighted by molar-refractivity contribution is -0.123. The number of aryl methyl sites for hydroxylation is 2. The van der Waals surface area contributed by atoms with Gasteiger partial charge in [0, 0.05) is 6.07 Å². The number of phenols is 1. The van der Waals surface area contributed by atoms with E-state index in [0.29, 0.717) is 12.4 Å². The van der Waals surface area contributed by atoms with Crippen LogP contribution in [-0.2, 0) is 4.79 Å². The van der Waals surface area contributed by atoms with Crippen LogP contribution in [0.15, 0.2) is 23.3 Å². The number of halogens is 2. The lowest BCUT2D eigenvalue weighted by Gasteiger charge is -2.13. The van der Waals surface area contributed by atoms with Gasteiger partial charge in [-0.05, 0) is 44.4 Å². The highest BCUT2D eigenvalue weighted by Gasteiger charge is 2.15. The van der Waals surface area contributed by atoms with Crippen LogP contribution in [0.4, 0.5) is 0 Å². The van der Waals surface area contributed by atoms with E-state index in [9.17, 15) is 9.90 Å². The average molecular weight is 425 g/mol. The second-order valence-electron chi connectivity index (χ2n) is 6.10. The van der Waals surface area contributed by atoms with Crippen molar-refractivity contribution in [2.24, 2.45) is 5.10 Å². The maximum absolute atomic E-state index is 12.0. The van der Waals surface area contributed by atoms with Gasteiger partial charge < -0.3 is 14.6 Å². The molecule has 0 heterocycles. The van der Waals surface area contributed by atoms with Gasteiger partial charge in [0.25, 0.3) is 5.91 Å². The van der Waals surface area contributed by atoms with E-state index in [2.05, 4.69) is 10.5 Å². The van der Waals surface area contributed by atoms with Gasteiger partial charge in [0.15, 0.2) is 18.1 Å². The Labute approximate surface area is 174 Å². The zero-order valence-electron chi connectivity index (χ0n) is 16.1. The molecule has 0 aliphatic carbocycles. The third-order valence-electron chi connectivity index (χ3n) is 4.10. The molecule has 0 aliphatic heterocycles. The molecular formula is C20H22Cl2N2O4. The molecule has 0 atom stereocenters. The third-order valence-corrected chi connectivity index (χ3v) is 4.90. The van der Waals surface area contributed by atoms with Gasteiger partial charge in [-0.1, -0.05) is 35.3 Å². The predicted molar refractivity (Wildman–Crippen MR) is 111 cm³/mol. The summed E-state index contributed by atoms with van der Waals surface area (Å²) in [7, 11) is 0. The number of hydrazone groups is 1. The maximum Gasteiger partial charge on any atom is 0.277 e. The number of amides is 1. The first kappa shape index (κ1) is 21.9. The number of hydrogen-bond acceptors (Lipinski definition) is 5. The Morgan fingerprint density at radius 2 is 1.89 bits per heavy atom. The number of ether oxygens (including phenoxy) is 2. The minimum absolute atomic E-state index is 0.0999. The first-order valence-electron chi connectivity index (χ1n) is 8.61. The summed E-state index contributed by atoms with van der Waals surface area (Å²) in [5.74, 6) is 0.185. The largest absolute Gasteiger partial charge is 0.504 e. The molecule has 1 amide bonds. The highest BCUT2D eigenvalue weighted by molar-refractivity contribution is 6.43. The van der Waals surface area contributed by atoms with Crippen molar-refractivity contribution in [2.45, 2.75) is 27.7 Å². The summed E-state index contributed by atoms with van der Waals surface area (Å²) in [6.07, 6.45) is 1.20. The van der Waals surface area contributed by atoms with Crippen LogP contribution in [0, 0.1) is 20.8 Å². The summed E-state index contributed by atoms with van der Waals surface area (Å²) in [6, 6.07) is 5.35. The first-order chi connectivity index (χ1) is 13.3. The Morgan fingerprint density at radius 1 is 1.21 bits per heavy atom. The summed E-state index contributed by atoms with van der Waals surface area (Å²) < 4.78 is 10.9. The highest BCUT2D eigenvalue weighted by atomic mass is 35.5. The summed E-state index contributed by atoms with van der Waals surface area (Å²) in [6.45, 7) is 7.73. The maximum atomic E-state index is 12.0. The summed E-state index contributed by atoms with van der Waals surface area (Å²) >= 11 is 12.1. The molecule has 28 heavy (non-hydrogen) atoms. The van der Waals surface area contributed by atoms with Crippen LogP contribution in [0.25, 0.3) is 0 Å². The van der Waals surface area contributed by atoms with Crippen molar-refractivity contribution in [1.82, 2.24) is 5.43 Å². The zero-order valence-corrected chi connectivity index (χ0v) is 17.6. The van der Waals surface area contributed by atoms with Crippen LogP contribution in [0.2, 0.25) is 10.0 Å². The van der Waals surface area contributed by atoms with Crippen molar-refractivity contribution in [2.75, 3.05) is 13.2 Å². The van der Waals surface area contributed by atoms with Crippen molar-refractivity contribution in [3.63, 3.8) is 0 Å². The van der Waals surface area contributed by atoms with E-state index in [1.165, 1.54) is 12.3 Å². The van der Waals surface area contributed by atoms with Crippen molar-refractivity contribution in [1.29, 1.82) is 0 Å². The van der Waals surface area contributed by atoms with Crippen LogP contribution in [-0.4, -0.2) is 30.4 Å². The standard InChI is InChI=1S/C20H22Cl2N2O4/c1-5-27-16-8-15(21)18(22)14(19(16)26)9-23-24-17(25)10-28-20-12(3)7-6-11(2)13(20)4/h6-9,26H,5,10H2,1-4H3,(H,24,25)/b23-9+. The molecule has 2 aromatic carbocycles. The summed E-state index contributed by atoms with van der Waals surface area (Å²) in [4.78, 5) is 12.0. The minimum Gasteiger partial charge on any atom is -0.504 e. The van der Waals surface area contributed by atoms with Crippen molar-refractivity contribution in [3.05, 3.63) is 50.5 Å². The number of hydrogen-bond donors (Lipinski definition) is 2. The average Bonchev–Trinajstić information content (AvgIpc) is 2.65. The zero-order chi connectivity index (χ0) is 20.8. The van der Waals surface area contributed by atoms with E-state index in [1.807, 2.05) is 32.9 Å². The van der Waals surface area contributed by atoms with E-state index in [1.54, 1.807) is 6.92 Å². The van der Waals surface area contributed by atoms with Crippen molar-refractivity contribution >= 4 is 35.3 Å².